The molecule has 1 aliphatic heterocycles. The third-order valence-corrected chi connectivity index (χ3v) is 5.11. The molecule has 0 radical (unpaired) electrons. The summed E-state index contributed by atoms with van der Waals surface area (Å²) in [6.45, 7) is 4.10. The molecule has 1 atom stereocenters. The lowest BCUT2D eigenvalue weighted by atomic mass is 9.95. The van der Waals surface area contributed by atoms with Crippen LogP contribution in [0.1, 0.15) is 49.1 Å². The van der Waals surface area contributed by atoms with E-state index in [4.69, 9.17) is 15.1 Å². The van der Waals surface area contributed by atoms with Crippen LogP contribution >= 0.6 is 0 Å². The summed E-state index contributed by atoms with van der Waals surface area (Å²) in [4.78, 5) is 12.0. The standard InChI is InChI=1S/C20H26N4O/c1-14-11-16-5-2-3-6-17(16)13-24(14)19-12-18(21-9-4-10-25)22-20(23-19)15-7-8-15/h2-3,5-6,12,14-15,25H,4,7-11,13H2,1H3,(H,21,22,23)/t14-/m1/s1. The van der Waals surface area contributed by atoms with Gasteiger partial charge >= 0.3 is 0 Å². The van der Waals surface area contributed by atoms with Crippen LogP contribution in [-0.2, 0) is 13.0 Å². The first kappa shape index (κ1) is 16.3. The smallest absolute Gasteiger partial charge is 0.136 e. The Balaban J connectivity index is 1.62. The van der Waals surface area contributed by atoms with Crippen LogP contribution in [0.3, 0.4) is 0 Å². The minimum absolute atomic E-state index is 0.195. The maximum atomic E-state index is 9.00. The Hall–Kier alpha value is -2.14. The van der Waals surface area contributed by atoms with Gasteiger partial charge in [-0.25, -0.2) is 9.97 Å². The molecule has 1 aromatic carbocycles. The normalized spacial score (nSPS) is 19.6. The van der Waals surface area contributed by atoms with Gasteiger partial charge in [-0.05, 0) is 43.7 Å². The summed E-state index contributed by atoms with van der Waals surface area (Å²) in [5, 5.41) is 12.3. The van der Waals surface area contributed by atoms with E-state index in [0.29, 0.717) is 12.0 Å². The van der Waals surface area contributed by atoms with E-state index in [-0.39, 0.29) is 6.61 Å². The van der Waals surface area contributed by atoms with E-state index in [9.17, 15) is 0 Å². The van der Waals surface area contributed by atoms with Crippen LogP contribution in [0.15, 0.2) is 30.3 Å². The minimum Gasteiger partial charge on any atom is -0.396 e. The van der Waals surface area contributed by atoms with Gasteiger partial charge in [0, 0.05) is 37.7 Å². The summed E-state index contributed by atoms with van der Waals surface area (Å²) in [6.07, 6.45) is 4.16. The van der Waals surface area contributed by atoms with Crippen LogP contribution in [0.2, 0.25) is 0 Å². The Morgan fingerprint density at radius 1 is 1.20 bits per heavy atom. The van der Waals surface area contributed by atoms with Crippen molar-refractivity contribution in [2.24, 2.45) is 0 Å². The van der Waals surface area contributed by atoms with E-state index >= 15 is 0 Å². The number of hydrogen-bond acceptors (Lipinski definition) is 5. The Kier molecular flexibility index (Phi) is 4.57. The molecular weight excluding hydrogens is 312 g/mol. The molecule has 0 amide bonds. The van der Waals surface area contributed by atoms with Crippen molar-refractivity contribution in [2.45, 2.75) is 51.1 Å². The highest BCUT2D eigenvalue weighted by Crippen LogP contribution is 2.39. The molecule has 2 heterocycles. The fourth-order valence-corrected chi connectivity index (χ4v) is 3.50. The van der Waals surface area contributed by atoms with Crippen LogP contribution in [0, 0.1) is 0 Å². The third-order valence-electron chi connectivity index (χ3n) is 5.11. The van der Waals surface area contributed by atoms with Gasteiger partial charge in [0.05, 0.1) is 0 Å². The second-order valence-corrected chi connectivity index (χ2v) is 7.20. The van der Waals surface area contributed by atoms with Crippen LogP contribution in [0.4, 0.5) is 11.6 Å². The van der Waals surface area contributed by atoms with Crippen molar-refractivity contribution in [1.29, 1.82) is 0 Å². The van der Waals surface area contributed by atoms with Gasteiger partial charge in [-0.1, -0.05) is 24.3 Å². The second-order valence-electron chi connectivity index (χ2n) is 7.20. The Morgan fingerprint density at radius 2 is 2.00 bits per heavy atom. The number of anilines is 2. The molecule has 1 fully saturated rings. The first-order valence-electron chi connectivity index (χ1n) is 9.31. The van der Waals surface area contributed by atoms with Crippen LogP contribution < -0.4 is 10.2 Å². The van der Waals surface area contributed by atoms with E-state index in [0.717, 1.165) is 43.4 Å². The zero-order chi connectivity index (χ0) is 17.2. The monoisotopic (exact) mass is 338 g/mol. The SMILES string of the molecule is C[C@@H]1Cc2ccccc2CN1c1cc(NCCCO)nc(C2CC2)n1. The number of nitrogens with zero attached hydrogens (tertiary/aromatic N) is 3. The molecule has 25 heavy (non-hydrogen) atoms. The molecule has 5 heteroatoms. The number of benzene rings is 1. The summed E-state index contributed by atoms with van der Waals surface area (Å²) >= 11 is 0. The molecule has 5 nitrogen and oxygen atoms in total. The fraction of sp³-hybridized carbons (Fsp3) is 0.500. The van der Waals surface area contributed by atoms with Gasteiger partial charge in [0.2, 0.25) is 0 Å². The lowest BCUT2D eigenvalue weighted by Crippen LogP contribution is -2.39. The number of hydrogen-bond donors (Lipinski definition) is 2. The summed E-state index contributed by atoms with van der Waals surface area (Å²) in [5.74, 6) is 3.39. The minimum atomic E-state index is 0.195. The Labute approximate surface area is 149 Å². The second kappa shape index (κ2) is 7.00. The number of fused-ring (bicyclic) bond motifs is 1. The molecule has 0 unspecified atom stereocenters. The number of nitrogens with one attached hydrogen (secondary N) is 1. The number of aliphatic hydroxyl groups excluding tert-OH is 1. The number of aliphatic hydroxyl groups is 1. The van der Waals surface area contributed by atoms with Crippen molar-refractivity contribution in [2.75, 3.05) is 23.4 Å². The lowest BCUT2D eigenvalue weighted by molar-refractivity contribution is 0.292. The van der Waals surface area contributed by atoms with Crippen molar-refractivity contribution >= 4 is 11.6 Å². The van der Waals surface area contributed by atoms with Gasteiger partial charge in [0.15, 0.2) is 0 Å². The van der Waals surface area contributed by atoms with Gasteiger partial charge in [0.1, 0.15) is 17.5 Å². The molecule has 132 valence electrons. The summed E-state index contributed by atoms with van der Waals surface area (Å²) in [6, 6.07) is 11.2. The van der Waals surface area contributed by atoms with E-state index in [1.165, 1.54) is 24.0 Å². The first-order valence-corrected chi connectivity index (χ1v) is 9.31. The molecule has 0 bridgehead atoms. The van der Waals surface area contributed by atoms with Crippen molar-refractivity contribution < 1.29 is 5.11 Å². The highest BCUT2D eigenvalue weighted by Gasteiger charge is 2.30. The van der Waals surface area contributed by atoms with E-state index in [2.05, 4.69) is 47.5 Å². The molecule has 0 saturated heterocycles. The average Bonchev–Trinajstić information content (AvgIpc) is 3.46. The van der Waals surface area contributed by atoms with Gasteiger partial charge in [-0.3, -0.25) is 0 Å². The van der Waals surface area contributed by atoms with E-state index in [1.807, 2.05) is 0 Å². The molecule has 2 aromatic rings. The van der Waals surface area contributed by atoms with Crippen molar-refractivity contribution in [3.05, 3.63) is 47.3 Å². The van der Waals surface area contributed by atoms with Crippen LogP contribution in [0.25, 0.3) is 0 Å². The third kappa shape index (κ3) is 3.61. The molecule has 1 aliphatic carbocycles. The first-order chi connectivity index (χ1) is 12.2. The van der Waals surface area contributed by atoms with Gasteiger partial charge in [0.25, 0.3) is 0 Å². The predicted molar refractivity (Wildman–Crippen MR) is 100.0 cm³/mol. The van der Waals surface area contributed by atoms with Gasteiger partial charge < -0.3 is 15.3 Å². The van der Waals surface area contributed by atoms with E-state index in [1.54, 1.807) is 0 Å². The van der Waals surface area contributed by atoms with Crippen molar-refractivity contribution in [3.63, 3.8) is 0 Å². The Bertz CT molecular complexity index is 744. The molecule has 4 rings (SSSR count). The highest BCUT2D eigenvalue weighted by molar-refractivity contribution is 5.53. The van der Waals surface area contributed by atoms with Gasteiger partial charge in [-0.15, -0.1) is 0 Å². The molecule has 2 N–H and O–H groups in total. The summed E-state index contributed by atoms with van der Waals surface area (Å²) < 4.78 is 0. The maximum Gasteiger partial charge on any atom is 0.136 e. The topological polar surface area (TPSA) is 61.3 Å². The molecule has 1 saturated carbocycles. The lowest BCUT2D eigenvalue weighted by Gasteiger charge is -2.36. The van der Waals surface area contributed by atoms with Crippen molar-refractivity contribution in [3.8, 4) is 0 Å². The molecule has 0 spiro atoms. The zero-order valence-corrected chi connectivity index (χ0v) is 14.8. The molecular formula is C20H26N4O. The average molecular weight is 338 g/mol. The van der Waals surface area contributed by atoms with E-state index < -0.39 is 0 Å². The molecule has 2 aliphatic rings. The van der Waals surface area contributed by atoms with Crippen molar-refractivity contribution in [1.82, 2.24) is 9.97 Å². The van der Waals surface area contributed by atoms with Gasteiger partial charge in [-0.2, -0.15) is 0 Å². The Morgan fingerprint density at radius 3 is 2.76 bits per heavy atom. The number of rotatable bonds is 6. The quantitative estimate of drug-likeness (QED) is 0.793. The number of aromatic nitrogens is 2. The maximum absolute atomic E-state index is 9.00. The highest BCUT2D eigenvalue weighted by atomic mass is 16.3. The molecule has 1 aromatic heterocycles. The fourth-order valence-electron chi connectivity index (χ4n) is 3.50. The van der Waals surface area contributed by atoms with Crippen LogP contribution in [0.5, 0.6) is 0 Å². The summed E-state index contributed by atoms with van der Waals surface area (Å²) in [5.41, 5.74) is 2.84. The van der Waals surface area contributed by atoms with Crippen LogP contribution in [-0.4, -0.2) is 34.3 Å². The summed E-state index contributed by atoms with van der Waals surface area (Å²) in [7, 11) is 0. The largest absolute Gasteiger partial charge is 0.396 e. The predicted octanol–water partition coefficient (Wildman–Crippen LogP) is 3.10. The zero-order valence-electron chi connectivity index (χ0n) is 14.8.